The molecule has 0 bridgehead atoms. The number of nitrogens with one attached hydrogen (secondary N) is 4. The number of tetrazole rings is 1. The van der Waals surface area contributed by atoms with Crippen molar-refractivity contribution >= 4 is 70.8 Å². The van der Waals surface area contributed by atoms with Crippen LogP contribution in [0, 0.1) is 5.41 Å². The van der Waals surface area contributed by atoms with Gasteiger partial charge in [0.05, 0.1) is 18.7 Å². The maximum atomic E-state index is 13.9. The Bertz CT molecular complexity index is 2300. The van der Waals surface area contributed by atoms with Crippen LogP contribution >= 0.6 is 23.5 Å². The number of amides is 4. The Balaban J connectivity index is 1.17. The Kier molecular flexibility index (Phi) is 12.3. The van der Waals surface area contributed by atoms with Gasteiger partial charge in [0.25, 0.3) is 5.91 Å². The predicted octanol–water partition coefficient (Wildman–Crippen LogP) is 0.985. The molecule has 6 rings (SSSR count). The lowest BCUT2D eigenvalue weighted by atomic mass is 9.98. The van der Waals surface area contributed by atoms with E-state index in [4.69, 9.17) is 9.47 Å². The number of anilines is 3. The molecule has 4 aromatic rings. The fraction of sp³-hybridized carbons (Fsp3) is 0.343. The number of ether oxygens (including phenoxy) is 2. The van der Waals surface area contributed by atoms with Crippen LogP contribution in [0.2, 0.25) is 0 Å². The lowest BCUT2D eigenvalue weighted by molar-refractivity contribution is -0.374. The fourth-order valence-electron chi connectivity index (χ4n) is 5.63. The van der Waals surface area contributed by atoms with E-state index in [0.29, 0.717) is 26.8 Å². The number of carbonyl (C=O) groups excluding carboxylic acids is 5. The number of hydrogen-bond acceptors (Lipinski definition) is 16. The molecule has 5 N–H and O–H groups in total. The molecule has 1 fully saturated rings. The molecule has 0 aliphatic carbocycles. The van der Waals surface area contributed by atoms with Gasteiger partial charge in [0, 0.05) is 24.8 Å². The second-order valence-electron chi connectivity index (χ2n) is 13.8. The molecule has 5 heterocycles. The lowest BCUT2D eigenvalue weighted by Gasteiger charge is -2.50. The zero-order valence-corrected chi connectivity index (χ0v) is 33.4. The number of fused-ring (bicyclic) bond motifs is 1. The van der Waals surface area contributed by atoms with Crippen molar-refractivity contribution < 1.29 is 43.6 Å². The summed E-state index contributed by atoms with van der Waals surface area (Å²) in [6, 6.07) is 9.81. The van der Waals surface area contributed by atoms with Crippen molar-refractivity contribution in [2.75, 3.05) is 35.6 Å². The summed E-state index contributed by atoms with van der Waals surface area (Å²) in [7, 11) is 3.22. The number of aryl methyl sites for hydroxylation is 1. The first kappa shape index (κ1) is 41.2. The highest BCUT2D eigenvalue weighted by molar-refractivity contribution is 8.01. The van der Waals surface area contributed by atoms with E-state index in [9.17, 15) is 34.0 Å². The van der Waals surface area contributed by atoms with Crippen molar-refractivity contribution in [3.05, 3.63) is 88.1 Å². The zero-order valence-electron chi connectivity index (χ0n) is 31.7. The van der Waals surface area contributed by atoms with E-state index in [0.717, 1.165) is 0 Å². The Morgan fingerprint density at radius 2 is 1.84 bits per heavy atom. The smallest absolute Gasteiger partial charge is 0.403 e. The van der Waals surface area contributed by atoms with Crippen LogP contribution in [-0.4, -0.2) is 107 Å². The van der Waals surface area contributed by atoms with Gasteiger partial charge in [-0.3, -0.25) is 24.6 Å². The van der Waals surface area contributed by atoms with E-state index >= 15 is 0 Å². The Labute approximate surface area is 338 Å². The van der Waals surface area contributed by atoms with Gasteiger partial charge in [-0.1, -0.05) is 48.2 Å². The van der Waals surface area contributed by atoms with E-state index in [2.05, 4.69) is 41.4 Å². The first-order chi connectivity index (χ1) is 27.6. The van der Waals surface area contributed by atoms with Gasteiger partial charge in [-0.2, -0.15) is 0 Å². The first-order valence-corrected chi connectivity index (χ1v) is 19.5. The van der Waals surface area contributed by atoms with Gasteiger partial charge >= 0.3 is 29.5 Å². The third-order valence-corrected chi connectivity index (χ3v) is 11.1. The average molecular weight is 836 g/mol. The number of H-pyrrole nitrogens is 1. The summed E-state index contributed by atoms with van der Waals surface area (Å²) in [6.07, 6.45) is 2.71. The zero-order chi connectivity index (χ0) is 41.7. The number of nitrogens with zero attached hydrogens (tertiary/aromatic N) is 8. The predicted molar refractivity (Wildman–Crippen MR) is 206 cm³/mol. The molecule has 2 aliphatic heterocycles. The average Bonchev–Trinajstić information content (AvgIpc) is 3.63. The number of benzene rings is 1. The minimum Gasteiger partial charge on any atom is -0.427 e. The van der Waals surface area contributed by atoms with Crippen LogP contribution in [0.5, 0.6) is 0 Å². The second kappa shape index (κ2) is 17.3. The van der Waals surface area contributed by atoms with Crippen molar-refractivity contribution in [1.82, 2.24) is 45.5 Å². The summed E-state index contributed by atoms with van der Waals surface area (Å²) in [4.78, 5) is 89.5. The second-order valence-corrected chi connectivity index (χ2v) is 15.8. The van der Waals surface area contributed by atoms with Crippen LogP contribution in [0.15, 0.2) is 82.1 Å². The normalized spacial score (nSPS) is 16.7. The molecule has 58 heavy (non-hydrogen) atoms. The summed E-state index contributed by atoms with van der Waals surface area (Å²) >= 11 is 2.52. The lowest BCUT2D eigenvalue weighted by Crippen LogP contribution is -2.71. The standard InChI is InChI=1S/C35H38N12O9S2/c1-35(2,3)31(52)56-18-55-30(51)25-20(17-58-34-41-42-43-45(34)5)16-57-29-24(28(50)46(25)29)39-26(48)23(19-11-7-6-8-12-19)40-32(53)38-21-15-37-33(47(54)27(21)49)44(4)22-13-9-10-14-36-22/h6-15,23-24,29,54H,16-18H2,1-5H3,(H,39,48)(H2,38,40,53)/p+1/t23?,24-,29-/m0/s1. The van der Waals surface area contributed by atoms with Crippen LogP contribution in [0.3, 0.4) is 0 Å². The molecule has 0 spiro atoms. The van der Waals surface area contributed by atoms with Crippen LogP contribution in [0.1, 0.15) is 32.4 Å². The molecule has 0 saturated carbocycles. The molecule has 2 aliphatic rings. The molecule has 1 saturated heterocycles. The van der Waals surface area contributed by atoms with Gasteiger partial charge in [-0.15, -0.1) is 16.9 Å². The third kappa shape index (κ3) is 8.89. The number of pyridine rings is 1. The first-order valence-electron chi connectivity index (χ1n) is 17.5. The number of esters is 2. The van der Waals surface area contributed by atoms with Crippen LogP contribution in [0.25, 0.3) is 0 Å². The Morgan fingerprint density at radius 3 is 2.52 bits per heavy atom. The molecule has 0 radical (unpaired) electrons. The topological polar surface area (TPSA) is 259 Å². The maximum Gasteiger partial charge on any atom is 0.403 e. The van der Waals surface area contributed by atoms with E-state index in [1.165, 1.54) is 50.4 Å². The molecule has 1 unspecified atom stereocenters. The van der Waals surface area contributed by atoms with E-state index in [-0.39, 0.29) is 28.8 Å². The van der Waals surface area contributed by atoms with Gasteiger partial charge in [0.2, 0.25) is 17.9 Å². The van der Waals surface area contributed by atoms with Gasteiger partial charge < -0.3 is 25.3 Å². The highest BCUT2D eigenvalue weighted by atomic mass is 32.2. The van der Waals surface area contributed by atoms with E-state index < -0.39 is 65.0 Å². The van der Waals surface area contributed by atoms with Crippen LogP contribution in [-0.2, 0) is 35.7 Å². The molecule has 4 amide bonds. The number of rotatable bonds is 13. The van der Waals surface area contributed by atoms with E-state index in [1.54, 1.807) is 83.4 Å². The highest BCUT2D eigenvalue weighted by Gasteiger charge is 2.55. The molecular formula is C35H39N12O9S2+. The third-order valence-electron chi connectivity index (χ3n) is 8.69. The quantitative estimate of drug-likeness (QED) is 0.0481. The number of β-lactam (4-membered cyclic amide) rings is 1. The highest BCUT2D eigenvalue weighted by Crippen LogP contribution is 2.42. The van der Waals surface area contributed by atoms with Gasteiger partial charge in [-0.05, 0) is 59.2 Å². The van der Waals surface area contributed by atoms with Crippen molar-refractivity contribution in [3.8, 4) is 0 Å². The van der Waals surface area contributed by atoms with Crippen molar-refractivity contribution in [2.45, 2.75) is 43.4 Å². The minimum absolute atomic E-state index is 0.0557. The molecule has 3 atom stereocenters. The van der Waals surface area contributed by atoms with Crippen LogP contribution in [0.4, 0.5) is 22.2 Å². The van der Waals surface area contributed by atoms with Gasteiger partial charge in [0.1, 0.15) is 23.2 Å². The summed E-state index contributed by atoms with van der Waals surface area (Å²) in [5.41, 5.74) is -1.37. The summed E-state index contributed by atoms with van der Waals surface area (Å²) in [6.45, 7) is 4.25. The number of hydrogen-bond donors (Lipinski definition) is 4. The molecule has 23 heteroatoms. The van der Waals surface area contributed by atoms with Gasteiger partial charge in [0.15, 0.2) is 11.5 Å². The molecule has 21 nitrogen and oxygen atoms in total. The molecule has 304 valence electrons. The molecule has 3 aromatic heterocycles. The minimum atomic E-state index is -1.36. The number of carbonyl (C=O) groups is 5. The molecular weight excluding hydrogens is 797 g/mol. The summed E-state index contributed by atoms with van der Waals surface area (Å²) in [5, 5.41) is 29.3. The van der Waals surface area contributed by atoms with Crippen molar-refractivity contribution in [1.29, 1.82) is 0 Å². The number of thioether (sulfide) groups is 2. The number of aromatic amines is 1. The monoisotopic (exact) mass is 835 g/mol. The summed E-state index contributed by atoms with van der Waals surface area (Å²) < 4.78 is 12.2. The maximum absolute atomic E-state index is 13.9. The Morgan fingerprint density at radius 1 is 1.10 bits per heavy atom. The number of urea groups is 1. The van der Waals surface area contributed by atoms with Crippen LogP contribution < -0.4 is 31.4 Å². The summed E-state index contributed by atoms with van der Waals surface area (Å²) in [5.74, 6) is -2.08. The van der Waals surface area contributed by atoms with E-state index in [1.807, 2.05) is 0 Å². The largest absolute Gasteiger partial charge is 0.427 e. The van der Waals surface area contributed by atoms with Gasteiger partial charge in [-0.25, -0.2) is 33.9 Å². The Hall–Kier alpha value is -6.49. The number of aromatic nitrogens is 7. The van der Waals surface area contributed by atoms with Crippen molar-refractivity contribution in [2.24, 2.45) is 12.5 Å². The van der Waals surface area contributed by atoms with Crippen molar-refractivity contribution in [3.63, 3.8) is 0 Å². The fourth-order valence-corrected chi connectivity index (χ4v) is 7.97. The molecule has 1 aromatic carbocycles. The SMILES string of the molecule is CN(c1ccccn1)c1[nH+]cc(NC(=O)NC(C(=O)N[C@H]2C(=O)N3C(C(=O)OCOC(=O)C(C)(C)C)=C(CSc4nnnn4C)CS[C@@H]23)c2ccccc2)c(=O)n1O.